The molecule has 0 saturated heterocycles. The van der Waals surface area contributed by atoms with Crippen LogP contribution in [0.15, 0.2) is 46.2 Å². The Hall–Kier alpha value is -2.67. The Morgan fingerprint density at radius 3 is 2.85 bits per heavy atom. The number of benzene rings is 1. The average molecular weight is 372 g/mol. The van der Waals surface area contributed by atoms with E-state index in [0.29, 0.717) is 24.0 Å². The van der Waals surface area contributed by atoms with Gasteiger partial charge >= 0.3 is 0 Å². The van der Waals surface area contributed by atoms with E-state index < -0.39 is 0 Å². The molecule has 3 aromatic rings. The molecule has 0 aliphatic heterocycles. The van der Waals surface area contributed by atoms with Crippen LogP contribution in [0.5, 0.6) is 5.75 Å². The first kappa shape index (κ1) is 16.8. The van der Waals surface area contributed by atoms with Crippen LogP contribution < -0.4 is 10.1 Å². The van der Waals surface area contributed by atoms with Gasteiger partial charge < -0.3 is 14.5 Å². The second kappa shape index (κ2) is 7.29. The maximum absolute atomic E-state index is 12.9. The number of carbonyl (C=O) groups excluding carboxylic acids is 1. The predicted octanol–water partition coefficient (Wildman–Crippen LogP) is 4.26. The van der Waals surface area contributed by atoms with Crippen molar-refractivity contribution in [2.75, 3.05) is 0 Å². The molecule has 0 spiro atoms. The smallest absolute Gasteiger partial charge is 0.287 e. The largest absolute Gasteiger partial charge is 0.486 e. The van der Waals surface area contributed by atoms with Crippen molar-refractivity contribution in [2.45, 2.75) is 31.9 Å². The molecule has 5 nitrogen and oxygen atoms in total. The van der Waals surface area contributed by atoms with E-state index in [1.165, 1.54) is 37.1 Å². The van der Waals surface area contributed by atoms with Crippen molar-refractivity contribution in [2.24, 2.45) is 0 Å². The molecular weight excluding hydrogens is 355 g/mol. The number of aromatic nitrogens is 1. The Labute approximate surface area is 153 Å². The van der Waals surface area contributed by atoms with Gasteiger partial charge in [-0.1, -0.05) is 0 Å². The van der Waals surface area contributed by atoms with E-state index in [-0.39, 0.29) is 24.1 Å². The summed E-state index contributed by atoms with van der Waals surface area (Å²) < 4.78 is 23.9. The highest BCUT2D eigenvalue weighted by molar-refractivity contribution is 7.09. The zero-order chi connectivity index (χ0) is 17.9. The van der Waals surface area contributed by atoms with E-state index in [1.807, 2.05) is 5.38 Å². The zero-order valence-corrected chi connectivity index (χ0v) is 14.7. The Morgan fingerprint density at radius 2 is 2.08 bits per heavy atom. The minimum atomic E-state index is -0.321. The third-order valence-electron chi connectivity index (χ3n) is 4.01. The standard InChI is InChI=1S/C19H17FN2O3S/c20-13-3-5-15(6-4-13)24-10-16-7-8-17(25-16)18(23)21-9-14-11-26-19(22-14)12-1-2-12/h3-8,11-12H,1-2,9-10H2,(H,21,23). The van der Waals surface area contributed by atoms with Gasteiger partial charge in [-0.15, -0.1) is 11.3 Å². The molecule has 1 aliphatic carbocycles. The van der Waals surface area contributed by atoms with Crippen LogP contribution >= 0.6 is 11.3 Å². The van der Waals surface area contributed by atoms with E-state index in [2.05, 4.69) is 10.3 Å². The quantitative estimate of drug-likeness (QED) is 0.673. The van der Waals surface area contributed by atoms with Gasteiger partial charge in [0.25, 0.3) is 5.91 Å². The summed E-state index contributed by atoms with van der Waals surface area (Å²) >= 11 is 1.65. The fourth-order valence-corrected chi connectivity index (χ4v) is 3.43. The number of nitrogens with one attached hydrogen (secondary N) is 1. The maximum Gasteiger partial charge on any atom is 0.287 e. The summed E-state index contributed by atoms with van der Waals surface area (Å²) in [5.41, 5.74) is 0.872. The van der Waals surface area contributed by atoms with Crippen LogP contribution in [-0.2, 0) is 13.2 Å². The van der Waals surface area contributed by atoms with Gasteiger partial charge in [0.05, 0.1) is 17.2 Å². The van der Waals surface area contributed by atoms with Crippen molar-refractivity contribution in [1.82, 2.24) is 10.3 Å². The Balaban J connectivity index is 1.28. The molecule has 26 heavy (non-hydrogen) atoms. The fourth-order valence-electron chi connectivity index (χ4n) is 2.44. The van der Waals surface area contributed by atoms with Crippen molar-refractivity contribution in [3.63, 3.8) is 0 Å². The van der Waals surface area contributed by atoms with Crippen LogP contribution in [0.1, 0.15) is 45.8 Å². The van der Waals surface area contributed by atoms with Gasteiger partial charge in [0.15, 0.2) is 5.76 Å². The van der Waals surface area contributed by atoms with Crippen LogP contribution in [-0.4, -0.2) is 10.9 Å². The molecule has 134 valence electrons. The van der Waals surface area contributed by atoms with E-state index >= 15 is 0 Å². The van der Waals surface area contributed by atoms with E-state index in [1.54, 1.807) is 23.5 Å². The topological polar surface area (TPSA) is 64.4 Å². The number of amides is 1. The molecule has 1 fully saturated rings. The third-order valence-corrected chi connectivity index (χ3v) is 5.06. The lowest BCUT2D eigenvalue weighted by Gasteiger charge is -2.04. The van der Waals surface area contributed by atoms with Gasteiger partial charge in [-0.25, -0.2) is 9.37 Å². The number of furan rings is 1. The second-order valence-corrected chi connectivity index (χ2v) is 7.03. The third kappa shape index (κ3) is 4.11. The van der Waals surface area contributed by atoms with Crippen molar-refractivity contribution < 1.29 is 18.3 Å². The molecule has 2 aromatic heterocycles. The summed E-state index contributed by atoms with van der Waals surface area (Å²) in [6.45, 7) is 0.542. The van der Waals surface area contributed by atoms with E-state index in [0.717, 1.165) is 10.7 Å². The van der Waals surface area contributed by atoms with Gasteiger partial charge in [-0.2, -0.15) is 0 Å². The number of thiazole rings is 1. The number of carbonyl (C=O) groups is 1. The number of nitrogens with zero attached hydrogens (tertiary/aromatic N) is 1. The molecule has 1 saturated carbocycles. The Morgan fingerprint density at radius 1 is 1.27 bits per heavy atom. The number of rotatable bonds is 7. The van der Waals surface area contributed by atoms with Crippen molar-refractivity contribution in [3.05, 3.63) is 69.8 Å². The van der Waals surface area contributed by atoms with Crippen molar-refractivity contribution in [1.29, 1.82) is 0 Å². The predicted molar refractivity (Wildman–Crippen MR) is 94.7 cm³/mol. The molecule has 1 amide bonds. The van der Waals surface area contributed by atoms with E-state index in [9.17, 15) is 9.18 Å². The normalized spacial score (nSPS) is 13.6. The van der Waals surface area contributed by atoms with Crippen LogP contribution in [0, 0.1) is 5.82 Å². The van der Waals surface area contributed by atoms with Crippen molar-refractivity contribution in [3.8, 4) is 5.75 Å². The molecule has 1 N–H and O–H groups in total. The number of hydrogen-bond acceptors (Lipinski definition) is 5. The second-order valence-electron chi connectivity index (χ2n) is 6.14. The lowest BCUT2D eigenvalue weighted by molar-refractivity contribution is 0.0918. The van der Waals surface area contributed by atoms with Gasteiger partial charge in [0.1, 0.15) is 23.9 Å². The number of hydrogen-bond donors (Lipinski definition) is 1. The minimum absolute atomic E-state index is 0.162. The Kier molecular flexibility index (Phi) is 4.71. The summed E-state index contributed by atoms with van der Waals surface area (Å²) in [7, 11) is 0. The average Bonchev–Trinajstić information content (AvgIpc) is 3.20. The monoisotopic (exact) mass is 372 g/mol. The highest BCUT2D eigenvalue weighted by Crippen LogP contribution is 2.41. The van der Waals surface area contributed by atoms with Crippen molar-refractivity contribution >= 4 is 17.2 Å². The maximum atomic E-state index is 12.9. The highest BCUT2D eigenvalue weighted by atomic mass is 32.1. The molecular formula is C19H17FN2O3S. The fraction of sp³-hybridized carbons (Fsp3) is 0.263. The highest BCUT2D eigenvalue weighted by Gasteiger charge is 2.26. The SMILES string of the molecule is O=C(NCc1csc(C2CC2)n1)c1ccc(COc2ccc(F)cc2)o1. The first-order chi connectivity index (χ1) is 12.7. The summed E-state index contributed by atoms with van der Waals surface area (Å²) in [4.78, 5) is 16.7. The van der Waals surface area contributed by atoms with Gasteiger partial charge in [0, 0.05) is 11.3 Å². The van der Waals surface area contributed by atoms with E-state index in [4.69, 9.17) is 9.15 Å². The van der Waals surface area contributed by atoms with Gasteiger partial charge in [-0.3, -0.25) is 4.79 Å². The molecule has 1 aliphatic rings. The summed E-state index contributed by atoms with van der Waals surface area (Å²) in [6.07, 6.45) is 2.43. The lowest BCUT2D eigenvalue weighted by Crippen LogP contribution is -2.22. The van der Waals surface area contributed by atoms with Gasteiger partial charge in [-0.05, 0) is 49.2 Å². The summed E-state index contributed by atoms with van der Waals surface area (Å²) in [6, 6.07) is 9.01. The number of ether oxygens (including phenoxy) is 1. The van der Waals surface area contributed by atoms with Crippen LogP contribution in [0.2, 0.25) is 0 Å². The molecule has 2 heterocycles. The first-order valence-corrected chi connectivity index (χ1v) is 9.25. The Bertz CT molecular complexity index is 900. The van der Waals surface area contributed by atoms with Crippen LogP contribution in [0.3, 0.4) is 0 Å². The molecule has 0 bridgehead atoms. The van der Waals surface area contributed by atoms with Crippen LogP contribution in [0.25, 0.3) is 0 Å². The summed E-state index contributed by atoms with van der Waals surface area (Å²) in [5.74, 6) is 1.28. The molecule has 0 radical (unpaired) electrons. The lowest BCUT2D eigenvalue weighted by atomic mass is 10.3. The zero-order valence-electron chi connectivity index (χ0n) is 13.9. The van der Waals surface area contributed by atoms with Gasteiger partial charge in [0.2, 0.25) is 0 Å². The molecule has 4 rings (SSSR count). The first-order valence-electron chi connectivity index (χ1n) is 8.37. The minimum Gasteiger partial charge on any atom is -0.486 e. The molecule has 0 atom stereocenters. The molecule has 1 aromatic carbocycles. The van der Waals surface area contributed by atoms with Crippen LogP contribution in [0.4, 0.5) is 4.39 Å². The number of halogens is 1. The summed E-state index contributed by atoms with van der Waals surface area (Å²) in [5, 5.41) is 5.95. The molecule has 0 unspecified atom stereocenters. The molecule has 7 heteroatoms.